The number of pyridine rings is 1. The molecule has 5 heterocycles. The molecule has 4 aliphatic rings. The number of aryl methyl sites for hydroxylation is 1. The Labute approximate surface area is 204 Å². The van der Waals surface area contributed by atoms with Crippen LogP contribution in [0.4, 0.5) is 15.9 Å². The number of aromatic nitrogens is 1. The van der Waals surface area contributed by atoms with Crippen LogP contribution in [0.15, 0.2) is 36.5 Å². The largest absolute Gasteiger partial charge is 0.380 e. The molecule has 4 aliphatic heterocycles. The fraction of sp³-hybridized carbons (Fsp3) is 0.520. The molecule has 4 saturated heterocycles. The Balaban J connectivity index is 1.14. The smallest absolute Gasteiger partial charge is 0.243 e. The number of fused-ring (bicyclic) bond motifs is 1. The lowest BCUT2D eigenvalue weighted by molar-refractivity contribution is -0.121. The quantitative estimate of drug-likeness (QED) is 0.602. The summed E-state index contributed by atoms with van der Waals surface area (Å²) < 4.78 is 20.2. The molecule has 6 rings (SSSR count). The Morgan fingerprint density at radius 3 is 2.69 bits per heavy atom. The summed E-state index contributed by atoms with van der Waals surface area (Å²) in [6.07, 6.45) is 3.31. The van der Waals surface area contributed by atoms with Gasteiger partial charge < -0.3 is 9.64 Å². The Hall–Kier alpha value is -2.63. The van der Waals surface area contributed by atoms with E-state index in [1.165, 1.54) is 11.1 Å². The maximum Gasteiger partial charge on any atom is 0.243 e. The lowest BCUT2D eigenvalue weighted by atomic mass is 9.94. The molecule has 35 heavy (non-hydrogen) atoms. The molecule has 0 spiro atoms. The van der Waals surface area contributed by atoms with Gasteiger partial charge in [0.1, 0.15) is 11.6 Å². The van der Waals surface area contributed by atoms with Gasteiger partial charge in [-0.25, -0.2) is 25.2 Å². The highest BCUT2D eigenvalue weighted by molar-refractivity contribution is 5.94. The Bertz CT molecular complexity index is 1050. The molecule has 4 fully saturated rings. The van der Waals surface area contributed by atoms with Crippen molar-refractivity contribution in [2.75, 3.05) is 49.3 Å². The molecule has 0 bridgehead atoms. The summed E-state index contributed by atoms with van der Waals surface area (Å²) in [5.74, 6) is 0.409. The van der Waals surface area contributed by atoms with Crippen LogP contribution >= 0.6 is 0 Å². The molecular weight excluding hydrogens is 449 g/mol. The summed E-state index contributed by atoms with van der Waals surface area (Å²) >= 11 is 0. The normalized spacial score (nSPS) is 29.6. The van der Waals surface area contributed by atoms with Crippen LogP contribution in [0.5, 0.6) is 0 Å². The summed E-state index contributed by atoms with van der Waals surface area (Å²) in [5, 5.41) is 1.38. The zero-order valence-corrected chi connectivity index (χ0v) is 19.9. The summed E-state index contributed by atoms with van der Waals surface area (Å²) in [4.78, 5) is 22.5. The van der Waals surface area contributed by atoms with E-state index in [1.54, 1.807) is 6.07 Å². The number of hydrazine groups is 2. The van der Waals surface area contributed by atoms with E-state index in [2.05, 4.69) is 38.2 Å². The number of rotatable bonds is 4. The first-order valence-corrected chi connectivity index (χ1v) is 12.5. The van der Waals surface area contributed by atoms with Gasteiger partial charge >= 0.3 is 0 Å². The van der Waals surface area contributed by atoms with Crippen LogP contribution in [0.3, 0.4) is 0 Å². The number of ether oxygens (including phenoxy) is 1. The van der Waals surface area contributed by atoms with Crippen LogP contribution in [-0.4, -0.2) is 73.3 Å². The van der Waals surface area contributed by atoms with Gasteiger partial charge in [0.2, 0.25) is 5.91 Å². The molecule has 9 nitrogen and oxygen atoms in total. The molecule has 0 radical (unpaired) electrons. The third-order valence-electron chi connectivity index (χ3n) is 7.74. The third-order valence-corrected chi connectivity index (χ3v) is 7.74. The van der Waals surface area contributed by atoms with Crippen molar-refractivity contribution in [1.82, 2.24) is 26.2 Å². The van der Waals surface area contributed by atoms with E-state index in [4.69, 9.17) is 9.72 Å². The number of anilines is 2. The molecule has 0 aliphatic carbocycles. The van der Waals surface area contributed by atoms with Crippen molar-refractivity contribution in [2.45, 2.75) is 43.9 Å². The van der Waals surface area contributed by atoms with Gasteiger partial charge in [-0.2, -0.15) is 0 Å². The number of nitrogens with zero attached hydrogens (tertiary/aromatic N) is 4. The second-order valence-corrected chi connectivity index (χ2v) is 9.86. The first-order valence-electron chi connectivity index (χ1n) is 12.5. The van der Waals surface area contributed by atoms with Crippen LogP contribution in [-0.2, 0) is 9.53 Å². The first kappa shape index (κ1) is 22.8. The summed E-state index contributed by atoms with van der Waals surface area (Å²) in [5.41, 5.74) is 11.9. The predicted molar refractivity (Wildman–Crippen MR) is 130 cm³/mol. The van der Waals surface area contributed by atoms with Gasteiger partial charge in [-0.05, 0) is 36.6 Å². The number of benzene rings is 1. The minimum Gasteiger partial charge on any atom is -0.380 e. The standard InChI is InChI=1S/C25H32FN7O2/c1-16-3-2-4-19(26)25(16)33-22(34)13-20-24(30-33)23(29-28-20)17-5-6-21(27-14-17)32-10-8-31(9-11-32)18-7-12-35-15-18/h2-6,14,18,20,23-24,28-30H,7-13,15H2,1H3. The monoisotopic (exact) mass is 481 g/mol. The summed E-state index contributed by atoms with van der Waals surface area (Å²) in [7, 11) is 0. The molecule has 3 N–H and O–H groups in total. The number of hydrogen-bond acceptors (Lipinski definition) is 8. The van der Waals surface area contributed by atoms with E-state index in [1.807, 2.05) is 19.2 Å². The number of halogens is 1. The Kier molecular flexibility index (Phi) is 6.15. The van der Waals surface area contributed by atoms with Crippen molar-refractivity contribution < 1.29 is 13.9 Å². The fourth-order valence-corrected chi connectivity index (χ4v) is 5.73. The van der Waals surface area contributed by atoms with Crippen molar-refractivity contribution in [1.29, 1.82) is 0 Å². The molecule has 1 aromatic carbocycles. The Morgan fingerprint density at radius 2 is 1.97 bits per heavy atom. The van der Waals surface area contributed by atoms with Crippen LogP contribution in [0, 0.1) is 12.7 Å². The summed E-state index contributed by atoms with van der Waals surface area (Å²) in [6.45, 7) is 7.50. The molecule has 0 saturated carbocycles. The van der Waals surface area contributed by atoms with Crippen molar-refractivity contribution in [3.63, 3.8) is 0 Å². The molecule has 2 aromatic rings. The predicted octanol–water partition coefficient (Wildman–Crippen LogP) is 1.27. The van der Waals surface area contributed by atoms with Gasteiger partial charge in [0.15, 0.2) is 0 Å². The zero-order valence-electron chi connectivity index (χ0n) is 19.9. The first-order chi connectivity index (χ1) is 17.1. The van der Waals surface area contributed by atoms with E-state index in [9.17, 15) is 9.18 Å². The molecule has 186 valence electrons. The van der Waals surface area contributed by atoms with Gasteiger partial charge in [0.05, 0.1) is 24.4 Å². The minimum atomic E-state index is -0.411. The number of carbonyl (C=O) groups is 1. The van der Waals surface area contributed by atoms with Gasteiger partial charge in [-0.15, -0.1) is 0 Å². The molecule has 4 atom stereocenters. The number of hydrogen-bond donors (Lipinski definition) is 3. The van der Waals surface area contributed by atoms with Crippen LogP contribution in [0.2, 0.25) is 0 Å². The lowest BCUT2D eigenvalue weighted by Gasteiger charge is -2.38. The molecule has 1 amide bonds. The van der Waals surface area contributed by atoms with Gasteiger partial charge in [-0.1, -0.05) is 18.2 Å². The molecule has 1 aromatic heterocycles. The second kappa shape index (κ2) is 9.44. The second-order valence-electron chi connectivity index (χ2n) is 9.86. The van der Waals surface area contributed by atoms with Gasteiger partial charge in [-0.3, -0.25) is 15.1 Å². The highest BCUT2D eigenvalue weighted by Crippen LogP contribution is 2.32. The average Bonchev–Trinajstić information content (AvgIpc) is 3.55. The number of para-hydroxylation sites is 1. The fourth-order valence-electron chi connectivity index (χ4n) is 5.73. The third kappa shape index (κ3) is 4.30. The zero-order chi connectivity index (χ0) is 23.9. The van der Waals surface area contributed by atoms with Crippen LogP contribution in [0.25, 0.3) is 0 Å². The number of nitrogens with one attached hydrogen (secondary N) is 3. The van der Waals surface area contributed by atoms with Crippen molar-refractivity contribution in [2.24, 2.45) is 0 Å². The highest BCUT2D eigenvalue weighted by Gasteiger charge is 2.44. The van der Waals surface area contributed by atoms with Crippen LogP contribution in [0.1, 0.15) is 30.0 Å². The average molecular weight is 482 g/mol. The van der Waals surface area contributed by atoms with Crippen molar-refractivity contribution in [3.8, 4) is 0 Å². The number of carbonyl (C=O) groups excluding carboxylic acids is 1. The maximum atomic E-state index is 14.6. The van der Waals surface area contributed by atoms with Crippen molar-refractivity contribution in [3.05, 3.63) is 53.5 Å². The number of piperazine rings is 1. The van der Waals surface area contributed by atoms with Gasteiger partial charge in [0, 0.05) is 57.5 Å². The van der Waals surface area contributed by atoms with E-state index >= 15 is 0 Å². The topological polar surface area (TPSA) is 85.0 Å². The van der Waals surface area contributed by atoms with E-state index in [-0.39, 0.29) is 30.5 Å². The lowest BCUT2D eigenvalue weighted by Crippen LogP contribution is -2.60. The van der Waals surface area contributed by atoms with Gasteiger partial charge in [0.25, 0.3) is 0 Å². The Morgan fingerprint density at radius 1 is 1.11 bits per heavy atom. The maximum absolute atomic E-state index is 14.6. The molecular formula is C25H32FN7O2. The van der Waals surface area contributed by atoms with E-state index < -0.39 is 5.82 Å². The van der Waals surface area contributed by atoms with Crippen LogP contribution < -0.4 is 26.2 Å². The van der Waals surface area contributed by atoms with E-state index in [0.717, 1.165) is 57.2 Å². The van der Waals surface area contributed by atoms with Crippen molar-refractivity contribution >= 4 is 17.4 Å². The highest BCUT2D eigenvalue weighted by atomic mass is 19.1. The minimum absolute atomic E-state index is 0.0943. The SMILES string of the molecule is Cc1cccc(F)c1N1NC2C(CC1=O)NNC2c1ccc(N2CCN(C3CCOC3)CC2)nc1. The summed E-state index contributed by atoms with van der Waals surface area (Å²) in [6, 6.07) is 9.25. The molecule has 4 unspecified atom stereocenters. The molecule has 10 heteroatoms. The number of amides is 1. The van der Waals surface area contributed by atoms with E-state index in [0.29, 0.717) is 17.3 Å².